The van der Waals surface area contributed by atoms with Crippen molar-refractivity contribution in [2.24, 2.45) is 0 Å². The first-order valence-corrected chi connectivity index (χ1v) is 9.12. The normalized spacial score (nSPS) is 12.7. The van der Waals surface area contributed by atoms with Crippen molar-refractivity contribution in [1.29, 1.82) is 0 Å². The van der Waals surface area contributed by atoms with Crippen molar-refractivity contribution in [2.45, 2.75) is 12.8 Å². The third kappa shape index (κ3) is 3.51. The summed E-state index contributed by atoms with van der Waals surface area (Å²) in [6.07, 6.45) is 1.99. The summed E-state index contributed by atoms with van der Waals surface area (Å²) in [6.45, 7) is 0.539. The maximum absolute atomic E-state index is 13.9. The Bertz CT molecular complexity index is 1030. The standard InChI is InChI=1S/C21H16ClFN2O3/c22-16-3-1-4-17(23)15(16)12-20(26)24-14-7-6-13-8-9-25(18(13)11-14)21(27)19-5-2-10-28-19/h1-7,10-11H,8-9,12H2,(H,24,26). The van der Waals surface area contributed by atoms with Gasteiger partial charge in [-0.1, -0.05) is 23.7 Å². The molecule has 1 aliphatic rings. The molecule has 0 spiro atoms. The number of fused-ring (bicyclic) bond motifs is 1. The lowest BCUT2D eigenvalue weighted by Gasteiger charge is -2.17. The second-order valence-corrected chi connectivity index (χ2v) is 6.86. The minimum atomic E-state index is -0.521. The molecule has 3 aromatic rings. The van der Waals surface area contributed by atoms with E-state index in [4.69, 9.17) is 16.0 Å². The zero-order valence-electron chi connectivity index (χ0n) is 14.7. The van der Waals surface area contributed by atoms with Crippen molar-refractivity contribution in [1.82, 2.24) is 0 Å². The first kappa shape index (κ1) is 18.3. The number of hydrogen-bond acceptors (Lipinski definition) is 3. The lowest BCUT2D eigenvalue weighted by molar-refractivity contribution is -0.115. The zero-order chi connectivity index (χ0) is 19.7. The molecule has 28 heavy (non-hydrogen) atoms. The molecule has 1 N–H and O–H groups in total. The fourth-order valence-corrected chi connectivity index (χ4v) is 3.50. The van der Waals surface area contributed by atoms with Gasteiger partial charge in [0.1, 0.15) is 5.82 Å². The van der Waals surface area contributed by atoms with Crippen molar-refractivity contribution < 1.29 is 18.4 Å². The summed E-state index contributed by atoms with van der Waals surface area (Å²) in [5.74, 6) is -0.887. The van der Waals surface area contributed by atoms with Gasteiger partial charge >= 0.3 is 0 Å². The number of furan rings is 1. The molecule has 0 radical (unpaired) electrons. The first-order valence-electron chi connectivity index (χ1n) is 8.74. The number of carbonyl (C=O) groups excluding carboxylic acids is 2. The van der Waals surface area contributed by atoms with E-state index >= 15 is 0 Å². The highest BCUT2D eigenvalue weighted by Gasteiger charge is 2.27. The smallest absolute Gasteiger partial charge is 0.293 e. The maximum atomic E-state index is 13.9. The molecule has 0 fully saturated rings. The first-order chi connectivity index (χ1) is 13.5. The number of hydrogen-bond donors (Lipinski definition) is 1. The topological polar surface area (TPSA) is 62.6 Å². The number of benzene rings is 2. The van der Waals surface area contributed by atoms with Crippen molar-refractivity contribution in [3.63, 3.8) is 0 Å². The molecule has 7 heteroatoms. The van der Waals surface area contributed by atoms with Gasteiger partial charge in [0.2, 0.25) is 5.91 Å². The quantitative estimate of drug-likeness (QED) is 0.706. The Hall–Kier alpha value is -3.12. The maximum Gasteiger partial charge on any atom is 0.293 e. The van der Waals surface area contributed by atoms with Gasteiger partial charge < -0.3 is 14.6 Å². The summed E-state index contributed by atoms with van der Waals surface area (Å²) in [6, 6.07) is 13.0. The number of anilines is 2. The fourth-order valence-electron chi connectivity index (χ4n) is 3.27. The van der Waals surface area contributed by atoms with Crippen molar-refractivity contribution >= 4 is 34.8 Å². The number of halogens is 2. The molecule has 5 nitrogen and oxygen atoms in total. The minimum Gasteiger partial charge on any atom is -0.459 e. The second kappa shape index (κ2) is 7.48. The molecule has 4 rings (SSSR count). The Balaban J connectivity index is 1.52. The molecule has 2 aromatic carbocycles. The SMILES string of the molecule is O=C(Cc1c(F)cccc1Cl)Nc1ccc2c(c1)N(C(=O)c1ccco1)CC2. The van der Waals surface area contributed by atoms with Gasteiger partial charge in [-0.3, -0.25) is 9.59 Å². The number of carbonyl (C=O) groups is 2. The molecule has 0 aliphatic carbocycles. The van der Waals surface area contributed by atoms with E-state index in [1.165, 1.54) is 18.4 Å². The van der Waals surface area contributed by atoms with E-state index in [0.29, 0.717) is 12.2 Å². The van der Waals surface area contributed by atoms with Crippen LogP contribution in [0.3, 0.4) is 0 Å². The lowest BCUT2D eigenvalue weighted by Crippen LogP contribution is -2.28. The highest BCUT2D eigenvalue weighted by atomic mass is 35.5. The summed E-state index contributed by atoms with van der Waals surface area (Å²) < 4.78 is 19.1. The Morgan fingerprint density at radius 1 is 1.18 bits per heavy atom. The molecule has 0 atom stereocenters. The fraction of sp³-hybridized carbons (Fsp3) is 0.143. The van der Waals surface area contributed by atoms with Gasteiger partial charge in [-0.05, 0) is 48.4 Å². The van der Waals surface area contributed by atoms with Crippen LogP contribution in [0.5, 0.6) is 0 Å². The average molecular weight is 399 g/mol. The lowest BCUT2D eigenvalue weighted by atomic mass is 10.1. The van der Waals surface area contributed by atoms with Gasteiger partial charge in [-0.2, -0.15) is 0 Å². The predicted octanol–water partition coefficient (Wildman–Crippen LogP) is 4.46. The van der Waals surface area contributed by atoms with Gasteiger partial charge in [0.05, 0.1) is 12.7 Å². The molecular weight excluding hydrogens is 383 g/mol. The van der Waals surface area contributed by atoms with E-state index in [1.807, 2.05) is 6.07 Å². The van der Waals surface area contributed by atoms with Crippen molar-refractivity contribution in [3.8, 4) is 0 Å². The van der Waals surface area contributed by atoms with E-state index in [-0.39, 0.29) is 28.7 Å². The molecule has 0 saturated carbocycles. The van der Waals surface area contributed by atoms with Crippen LogP contribution in [0.2, 0.25) is 5.02 Å². The largest absolute Gasteiger partial charge is 0.459 e. The highest BCUT2D eigenvalue weighted by Crippen LogP contribution is 2.32. The zero-order valence-corrected chi connectivity index (χ0v) is 15.5. The van der Waals surface area contributed by atoms with Crippen LogP contribution in [0.15, 0.2) is 59.2 Å². The Kier molecular flexibility index (Phi) is 4.88. The number of nitrogens with zero attached hydrogens (tertiary/aromatic N) is 1. The Labute approximate surface area is 165 Å². The van der Waals surface area contributed by atoms with Crippen LogP contribution in [0, 0.1) is 5.82 Å². The molecule has 1 aromatic heterocycles. The molecule has 0 unspecified atom stereocenters. The monoisotopic (exact) mass is 398 g/mol. The Morgan fingerprint density at radius 2 is 2.04 bits per heavy atom. The Morgan fingerprint density at radius 3 is 2.79 bits per heavy atom. The van der Waals surface area contributed by atoms with Crippen LogP contribution < -0.4 is 10.2 Å². The second-order valence-electron chi connectivity index (χ2n) is 6.45. The number of nitrogens with one attached hydrogen (secondary N) is 1. The van der Waals surface area contributed by atoms with E-state index in [0.717, 1.165) is 17.7 Å². The van der Waals surface area contributed by atoms with Crippen LogP contribution in [0.4, 0.5) is 15.8 Å². The van der Waals surface area contributed by atoms with E-state index in [9.17, 15) is 14.0 Å². The van der Waals surface area contributed by atoms with E-state index < -0.39 is 11.7 Å². The van der Waals surface area contributed by atoms with Gasteiger partial charge in [-0.25, -0.2) is 4.39 Å². The van der Waals surface area contributed by atoms with Gasteiger partial charge in [0.15, 0.2) is 5.76 Å². The summed E-state index contributed by atoms with van der Waals surface area (Å²) in [5.41, 5.74) is 2.41. The minimum absolute atomic E-state index is 0.150. The van der Waals surface area contributed by atoms with Gasteiger partial charge in [0.25, 0.3) is 5.91 Å². The van der Waals surface area contributed by atoms with Crippen molar-refractivity contribution in [3.05, 3.63) is 82.5 Å². The molecule has 2 amide bonds. The third-order valence-electron chi connectivity index (χ3n) is 4.64. The van der Waals surface area contributed by atoms with E-state index in [2.05, 4.69) is 5.32 Å². The van der Waals surface area contributed by atoms with Crippen LogP contribution in [-0.4, -0.2) is 18.4 Å². The molecular formula is C21H16ClFN2O3. The predicted molar refractivity (Wildman–Crippen MR) is 104 cm³/mol. The van der Waals surface area contributed by atoms with Gasteiger partial charge in [0, 0.05) is 28.5 Å². The average Bonchev–Trinajstić information content (AvgIpc) is 3.34. The summed E-state index contributed by atoms with van der Waals surface area (Å²) in [7, 11) is 0. The van der Waals surface area contributed by atoms with Crippen LogP contribution >= 0.6 is 11.6 Å². The molecule has 0 bridgehead atoms. The van der Waals surface area contributed by atoms with Crippen LogP contribution in [0.25, 0.3) is 0 Å². The number of amides is 2. The highest BCUT2D eigenvalue weighted by molar-refractivity contribution is 6.31. The molecule has 0 saturated heterocycles. The van der Waals surface area contributed by atoms with Crippen LogP contribution in [0.1, 0.15) is 21.7 Å². The van der Waals surface area contributed by atoms with Crippen LogP contribution in [-0.2, 0) is 17.6 Å². The summed E-state index contributed by atoms with van der Waals surface area (Å²) in [4.78, 5) is 26.6. The molecule has 142 valence electrons. The summed E-state index contributed by atoms with van der Waals surface area (Å²) >= 11 is 5.98. The molecule has 2 heterocycles. The van der Waals surface area contributed by atoms with Crippen molar-refractivity contribution in [2.75, 3.05) is 16.8 Å². The van der Waals surface area contributed by atoms with Gasteiger partial charge in [-0.15, -0.1) is 0 Å². The third-order valence-corrected chi connectivity index (χ3v) is 4.99. The summed E-state index contributed by atoms with van der Waals surface area (Å²) in [5, 5.41) is 2.95. The van der Waals surface area contributed by atoms with E-state index in [1.54, 1.807) is 35.2 Å². The number of rotatable bonds is 4. The molecule has 1 aliphatic heterocycles.